The SMILES string of the molecule is CC(=O)CCC1C(C)(C)CCCC1(C)O. The van der Waals surface area contributed by atoms with Gasteiger partial charge in [0, 0.05) is 6.42 Å². The van der Waals surface area contributed by atoms with Crippen LogP contribution in [0.2, 0.25) is 0 Å². The molecule has 1 aliphatic rings. The quantitative estimate of drug-likeness (QED) is 0.781. The summed E-state index contributed by atoms with van der Waals surface area (Å²) in [6.07, 6.45) is 4.56. The van der Waals surface area contributed by atoms with Crippen molar-refractivity contribution in [1.82, 2.24) is 0 Å². The highest BCUT2D eigenvalue weighted by molar-refractivity contribution is 5.75. The van der Waals surface area contributed by atoms with Crippen LogP contribution >= 0.6 is 0 Å². The van der Waals surface area contributed by atoms with E-state index in [1.54, 1.807) is 6.92 Å². The van der Waals surface area contributed by atoms with Crippen LogP contribution in [0.3, 0.4) is 0 Å². The van der Waals surface area contributed by atoms with E-state index < -0.39 is 5.60 Å². The first-order chi connectivity index (χ1) is 6.76. The lowest BCUT2D eigenvalue weighted by molar-refractivity contribution is -0.120. The van der Waals surface area contributed by atoms with Crippen LogP contribution in [0.4, 0.5) is 0 Å². The number of Topliss-reactive ketones (excluding diaryl/α,β-unsaturated/α-hetero) is 1. The minimum Gasteiger partial charge on any atom is -0.390 e. The maximum absolute atomic E-state index is 11.0. The molecule has 0 amide bonds. The van der Waals surface area contributed by atoms with Crippen molar-refractivity contribution in [3.05, 3.63) is 0 Å². The normalized spacial score (nSPS) is 35.1. The Morgan fingerprint density at radius 3 is 2.40 bits per heavy atom. The van der Waals surface area contributed by atoms with Gasteiger partial charge in [0.05, 0.1) is 5.60 Å². The summed E-state index contributed by atoms with van der Waals surface area (Å²) in [5.41, 5.74) is -0.422. The second kappa shape index (κ2) is 4.25. The number of aliphatic hydroxyl groups is 1. The number of carbonyl (C=O) groups excluding carboxylic acids is 1. The zero-order valence-electron chi connectivity index (χ0n) is 10.5. The van der Waals surface area contributed by atoms with Crippen LogP contribution in [-0.4, -0.2) is 16.5 Å². The molecule has 0 spiro atoms. The van der Waals surface area contributed by atoms with Crippen molar-refractivity contribution >= 4 is 5.78 Å². The molecular formula is C13H24O2. The standard InChI is InChI=1S/C13H24O2/c1-10(14)6-7-11-12(2,3)8-5-9-13(11,4)15/h11,15H,5-9H2,1-4H3. The zero-order chi connectivity index (χ0) is 11.7. The summed E-state index contributed by atoms with van der Waals surface area (Å²) in [4.78, 5) is 11.0. The highest BCUT2D eigenvalue weighted by atomic mass is 16.3. The molecule has 0 heterocycles. The Morgan fingerprint density at radius 1 is 1.33 bits per heavy atom. The fraction of sp³-hybridized carbons (Fsp3) is 0.923. The third kappa shape index (κ3) is 3.04. The number of hydrogen-bond acceptors (Lipinski definition) is 2. The molecule has 0 aliphatic heterocycles. The molecule has 0 aromatic carbocycles. The van der Waals surface area contributed by atoms with Crippen LogP contribution in [0.25, 0.3) is 0 Å². The van der Waals surface area contributed by atoms with Gasteiger partial charge in [-0.05, 0) is 44.4 Å². The Morgan fingerprint density at radius 2 is 1.93 bits per heavy atom. The van der Waals surface area contributed by atoms with Crippen LogP contribution in [-0.2, 0) is 4.79 Å². The first-order valence-corrected chi connectivity index (χ1v) is 5.97. The summed E-state index contributed by atoms with van der Waals surface area (Å²) in [6, 6.07) is 0. The highest BCUT2D eigenvalue weighted by Crippen LogP contribution is 2.48. The van der Waals surface area contributed by atoms with Crippen LogP contribution in [0, 0.1) is 11.3 Å². The van der Waals surface area contributed by atoms with Crippen LogP contribution in [0.1, 0.15) is 59.8 Å². The van der Waals surface area contributed by atoms with Gasteiger partial charge in [-0.2, -0.15) is 0 Å². The van der Waals surface area contributed by atoms with Gasteiger partial charge in [0.1, 0.15) is 5.78 Å². The van der Waals surface area contributed by atoms with Gasteiger partial charge in [0.25, 0.3) is 0 Å². The van der Waals surface area contributed by atoms with Gasteiger partial charge in [0.15, 0.2) is 0 Å². The van der Waals surface area contributed by atoms with E-state index in [0.717, 1.165) is 25.7 Å². The third-order valence-corrected chi connectivity index (χ3v) is 3.98. The van der Waals surface area contributed by atoms with E-state index in [-0.39, 0.29) is 17.1 Å². The molecule has 15 heavy (non-hydrogen) atoms. The highest BCUT2D eigenvalue weighted by Gasteiger charge is 2.44. The minimum atomic E-state index is -0.586. The van der Waals surface area contributed by atoms with Gasteiger partial charge >= 0.3 is 0 Å². The molecule has 1 fully saturated rings. The summed E-state index contributed by atoms with van der Waals surface area (Å²) < 4.78 is 0. The van der Waals surface area contributed by atoms with Gasteiger partial charge in [-0.1, -0.05) is 20.3 Å². The Kier molecular flexibility index (Phi) is 3.59. The lowest BCUT2D eigenvalue weighted by Crippen LogP contribution is -2.47. The van der Waals surface area contributed by atoms with Crippen LogP contribution in [0.15, 0.2) is 0 Å². The molecule has 88 valence electrons. The molecule has 1 N–H and O–H groups in total. The smallest absolute Gasteiger partial charge is 0.129 e. The zero-order valence-corrected chi connectivity index (χ0v) is 10.5. The molecule has 0 bridgehead atoms. The van der Waals surface area contributed by atoms with E-state index in [2.05, 4.69) is 13.8 Å². The van der Waals surface area contributed by atoms with E-state index >= 15 is 0 Å². The Hall–Kier alpha value is -0.370. The molecule has 1 saturated carbocycles. The van der Waals surface area contributed by atoms with Crippen molar-refractivity contribution < 1.29 is 9.90 Å². The van der Waals surface area contributed by atoms with Gasteiger partial charge in [-0.15, -0.1) is 0 Å². The molecule has 0 aromatic heterocycles. The van der Waals surface area contributed by atoms with Crippen molar-refractivity contribution in [2.24, 2.45) is 11.3 Å². The molecule has 2 atom stereocenters. The molecule has 2 heteroatoms. The van der Waals surface area contributed by atoms with E-state index in [4.69, 9.17) is 0 Å². The van der Waals surface area contributed by atoms with Gasteiger partial charge in [0.2, 0.25) is 0 Å². The maximum atomic E-state index is 11.0. The molecular weight excluding hydrogens is 188 g/mol. The van der Waals surface area contributed by atoms with E-state index in [1.807, 2.05) is 6.92 Å². The summed E-state index contributed by atoms with van der Waals surface area (Å²) >= 11 is 0. The second-order valence-corrected chi connectivity index (χ2v) is 5.99. The van der Waals surface area contributed by atoms with E-state index in [1.165, 1.54) is 0 Å². The largest absolute Gasteiger partial charge is 0.390 e. The van der Waals surface area contributed by atoms with E-state index in [0.29, 0.717) is 6.42 Å². The first kappa shape index (κ1) is 12.7. The molecule has 0 saturated heterocycles. The lowest BCUT2D eigenvalue weighted by Gasteiger charge is -2.48. The Balaban J connectivity index is 2.72. The summed E-state index contributed by atoms with van der Waals surface area (Å²) in [5.74, 6) is 0.481. The van der Waals surface area contributed by atoms with Crippen molar-refractivity contribution in [3.8, 4) is 0 Å². The monoisotopic (exact) mass is 212 g/mol. The number of hydrogen-bond donors (Lipinski definition) is 1. The Labute approximate surface area is 93.1 Å². The van der Waals surface area contributed by atoms with Crippen LogP contribution in [0.5, 0.6) is 0 Å². The summed E-state index contributed by atoms with van der Waals surface area (Å²) in [5, 5.41) is 10.4. The van der Waals surface area contributed by atoms with Crippen molar-refractivity contribution in [2.75, 3.05) is 0 Å². The van der Waals surface area contributed by atoms with Crippen molar-refractivity contribution in [1.29, 1.82) is 0 Å². The minimum absolute atomic E-state index is 0.164. The van der Waals surface area contributed by atoms with Gasteiger partial charge in [-0.3, -0.25) is 0 Å². The molecule has 1 rings (SSSR count). The predicted molar refractivity (Wildman–Crippen MR) is 61.7 cm³/mol. The maximum Gasteiger partial charge on any atom is 0.129 e. The second-order valence-electron chi connectivity index (χ2n) is 5.99. The molecule has 2 nitrogen and oxygen atoms in total. The number of ketones is 1. The predicted octanol–water partition coefficient (Wildman–Crippen LogP) is 2.93. The molecule has 0 radical (unpaired) electrons. The number of rotatable bonds is 3. The summed E-state index contributed by atoms with van der Waals surface area (Å²) in [7, 11) is 0. The number of carbonyl (C=O) groups is 1. The average molecular weight is 212 g/mol. The average Bonchev–Trinajstić information content (AvgIpc) is 1.99. The van der Waals surface area contributed by atoms with Gasteiger partial charge < -0.3 is 9.90 Å². The van der Waals surface area contributed by atoms with Gasteiger partial charge in [-0.25, -0.2) is 0 Å². The molecule has 2 unspecified atom stereocenters. The third-order valence-electron chi connectivity index (χ3n) is 3.98. The van der Waals surface area contributed by atoms with Crippen molar-refractivity contribution in [3.63, 3.8) is 0 Å². The molecule has 1 aliphatic carbocycles. The molecule has 0 aromatic rings. The first-order valence-electron chi connectivity index (χ1n) is 5.97. The van der Waals surface area contributed by atoms with Crippen LogP contribution < -0.4 is 0 Å². The Bertz CT molecular complexity index is 225. The fourth-order valence-electron chi connectivity index (χ4n) is 3.14. The van der Waals surface area contributed by atoms with Crippen molar-refractivity contribution in [2.45, 2.75) is 65.4 Å². The summed E-state index contributed by atoms with van der Waals surface area (Å²) in [6.45, 7) is 7.99. The lowest BCUT2D eigenvalue weighted by atomic mass is 9.60. The topological polar surface area (TPSA) is 37.3 Å². The van der Waals surface area contributed by atoms with E-state index in [9.17, 15) is 9.90 Å². The fourth-order valence-corrected chi connectivity index (χ4v) is 3.14.